The molecule has 0 bridgehead atoms. The topological polar surface area (TPSA) is 41.1 Å². The number of rotatable bonds is 6. The number of hydrogen-bond donors (Lipinski definition) is 2. The molecule has 1 fully saturated rings. The maximum atomic E-state index is 11.5. The van der Waals surface area contributed by atoms with Crippen LogP contribution in [0.4, 0.5) is 0 Å². The zero-order chi connectivity index (χ0) is 11.1. The minimum Gasteiger partial charge on any atom is -0.352 e. The predicted octanol–water partition coefficient (Wildman–Crippen LogP) is 1.46. The number of carbonyl (C=O) groups excluding carboxylic acids is 1. The number of nitrogens with one attached hydrogen (secondary N) is 2. The van der Waals surface area contributed by atoms with Crippen LogP contribution in [0.2, 0.25) is 0 Å². The van der Waals surface area contributed by atoms with Crippen LogP contribution in [-0.4, -0.2) is 25.0 Å². The Kier molecular flexibility index (Phi) is 5.40. The van der Waals surface area contributed by atoms with Crippen LogP contribution in [-0.2, 0) is 4.79 Å². The summed E-state index contributed by atoms with van der Waals surface area (Å²) in [6.07, 6.45) is 6.93. The van der Waals surface area contributed by atoms with Crippen molar-refractivity contribution in [2.75, 3.05) is 13.1 Å². The van der Waals surface area contributed by atoms with E-state index in [-0.39, 0.29) is 5.91 Å². The molecular formula is C12H22N2O. The first-order chi connectivity index (χ1) is 7.24. The second kappa shape index (κ2) is 6.62. The van der Waals surface area contributed by atoms with E-state index in [4.69, 9.17) is 0 Å². The van der Waals surface area contributed by atoms with Gasteiger partial charge in [-0.3, -0.25) is 4.79 Å². The highest BCUT2D eigenvalue weighted by Crippen LogP contribution is 2.27. The molecule has 0 aromatic carbocycles. The van der Waals surface area contributed by atoms with Crippen molar-refractivity contribution in [1.29, 1.82) is 0 Å². The summed E-state index contributed by atoms with van der Waals surface area (Å²) >= 11 is 0. The van der Waals surface area contributed by atoms with Crippen molar-refractivity contribution in [1.82, 2.24) is 10.6 Å². The quantitative estimate of drug-likeness (QED) is 0.515. The summed E-state index contributed by atoms with van der Waals surface area (Å²) in [5, 5.41) is 6.05. The molecule has 86 valence electrons. The van der Waals surface area contributed by atoms with E-state index in [0.29, 0.717) is 25.0 Å². The second-order valence-corrected chi connectivity index (χ2v) is 4.32. The Bertz CT molecular complexity index is 210. The standard InChI is InChI=1S/C12H22N2O/c1-3-8-13-9-12(15)14-10(2)11-6-4-5-7-11/h3,10-11,13H,1,4-9H2,2H3,(H,14,15). The molecule has 0 radical (unpaired) electrons. The highest BCUT2D eigenvalue weighted by molar-refractivity contribution is 5.78. The highest BCUT2D eigenvalue weighted by Gasteiger charge is 2.22. The summed E-state index contributed by atoms with van der Waals surface area (Å²) in [5.41, 5.74) is 0. The Balaban J connectivity index is 2.15. The summed E-state index contributed by atoms with van der Waals surface area (Å²) in [6, 6.07) is 0.325. The predicted molar refractivity (Wildman–Crippen MR) is 62.6 cm³/mol. The summed E-state index contributed by atoms with van der Waals surface area (Å²) in [4.78, 5) is 11.5. The van der Waals surface area contributed by atoms with Crippen LogP contribution in [0.25, 0.3) is 0 Å². The van der Waals surface area contributed by atoms with E-state index >= 15 is 0 Å². The number of hydrogen-bond acceptors (Lipinski definition) is 2. The lowest BCUT2D eigenvalue weighted by molar-refractivity contribution is -0.121. The fraction of sp³-hybridized carbons (Fsp3) is 0.750. The van der Waals surface area contributed by atoms with Crippen LogP contribution in [0.5, 0.6) is 0 Å². The Morgan fingerprint density at radius 1 is 1.53 bits per heavy atom. The minimum atomic E-state index is 0.0937. The van der Waals surface area contributed by atoms with Gasteiger partial charge in [-0.2, -0.15) is 0 Å². The maximum Gasteiger partial charge on any atom is 0.234 e. The maximum absolute atomic E-state index is 11.5. The molecule has 1 aliphatic carbocycles. The van der Waals surface area contributed by atoms with Gasteiger partial charge in [-0.25, -0.2) is 0 Å². The SMILES string of the molecule is C=CCNCC(=O)NC(C)C1CCCC1. The normalized spacial score (nSPS) is 18.7. The smallest absolute Gasteiger partial charge is 0.234 e. The van der Waals surface area contributed by atoms with Gasteiger partial charge in [0.15, 0.2) is 0 Å². The summed E-state index contributed by atoms with van der Waals surface area (Å²) in [6.45, 7) is 6.78. The summed E-state index contributed by atoms with van der Waals surface area (Å²) < 4.78 is 0. The largest absolute Gasteiger partial charge is 0.352 e. The third kappa shape index (κ3) is 4.47. The Labute approximate surface area is 92.3 Å². The van der Waals surface area contributed by atoms with Gasteiger partial charge in [-0.15, -0.1) is 6.58 Å². The summed E-state index contributed by atoms with van der Waals surface area (Å²) in [7, 11) is 0. The van der Waals surface area contributed by atoms with Crippen LogP contribution in [0, 0.1) is 5.92 Å². The van der Waals surface area contributed by atoms with Crippen molar-refractivity contribution >= 4 is 5.91 Å². The van der Waals surface area contributed by atoms with Crippen LogP contribution in [0.1, 0.15) is 32.6 Å². The Hall–Kier alpha value is -0.830. The number of amides is 1. The molecule has 15 heavy (non-hydrogen) atoms. The Morgan fingerprint density at radius 3 is 2.80 bits per heavy atom. The van der Waals surface area contributed by atoms with Gasteiger partial charge in [0.25, 0.3) is 0 Å². The lowest BCUT2D eigenvalue weighted by Gasteiger charge is -2.20. The zero-order valence-electron chi connectivity index (χ0n) is 9.59. The third-order valence-electron chi connectivity index (χ3n) is 3.07. The zero-order valence-corrected chi connectivity index (χ0v) is 9.59. The van der Waals surface area contributed by atoms with Crippen molar-refractivity contribution < 1.29 is 4.79 Å². The van der Waals surface area contributed by atoms with E-state index < -0.39 is 0 Å². The molecule has 0 aromatic rings. The molecule has 1 saturated carbocycles. The molecule has 2 N–H and O–H groups in total. The van der Waals surface area contributed by atoms with Crippen LogP contribution < -0.4 is 10.6 Å². The van der Waals surface area contributed by atoms with E-state index in [1.165, 1.54) is 25.7 Å². The van der Waals surface area contributed by atoms with Crippen molar-refractivity contribution in [3.63, 3.8) is 0 Å². The van der Waals surface area contributed by atoms with E-state index in [1.807, 2.05) is 0 Å². The summed E-state index contributed by atoms with van der Waals surface area (Å²) in [5.74, 6) is 0.782. The molecule has 0 saturated heterocycles. The van der Waals surface area contributed by atoms with Gasteiger partial charge in [0.05, 0.1) is 6.54 Å². The lowest BCUT2D eigenvalue weighted by Crippen LogP contribution is -2.42. The monoisotopic (exact) mass is 210 g/mol. The van der Waals surface area contributed by atoms with E-state index in [0.717, 1.165) is 0 Å². The van der Waals surface area contributed by atoms with Crippen molar-refractivity contribution in [2.45, 2.75) is 38.6 Å². The molecule has 1 unspecified atom stereocenters. The van der Waals surface area contributed by atoms with Crippen LogP contribution in [0.3, 0.4) is 0 Å². The average molecular weight is 210 g/mol. The molecule has 1 aliphatic rings. The van der Waals surface area contributed by atoms with Gasteiger partial charge in [0, 0.05) is 12.6 Å². The second-order valence-electron chi connectivity index (χ2n) is 4.32. The molecule has 1 rings (SSSR count). The molecule has 0 aliphatic heterocycles. The van der Waals surface area contributed by atoms with E-state index in [2.05, 4.69) is 24.1 Å². The highest BCUT2D eigenvalue weighted by atomic mass is 16.1. The van der Waals surface area contributed by atoms with Gasteiger partial charge in [0.1, 0.15) is 0 Å². The molecule has 0 heterocycles. The molecule has 0 aromatic heterocycles. The van der Waals surface area contributed by atoms with Gasteiger partial charge in [-0.05, 0) is 25.7 Å². The van der Waals surface area contributed by atoms with Gasteiger partial charge >= 0.3 is 0 Å². The molecular weight excluding hydrogens is 188 g/mol. The lowest BCUT2D eigenvalue weighted by atomic mass is 10.00. The fourth-order valence-corrected chi connectivity index (χ4v) is 2.17. The fourth-order valence-electron chi connectivity index (χ4n) is 2.17. The van der Waals surface area contributed by atoms with Crippen molar-refractivity contribution in [3.8, 4) is 0 Å². The minimum absolute atomic E-state index is 0.0937. The van der Waals surface area contributed by atoms with E-state index in [9.17, 15) is 4.79 Å². The van der Waals surface area contributed by atoms with Crippen LogP contribution in [0.15, 0.2) is 12.7 Å². The first kappa shape index (κ1) is 12.2. The molecule has 0 spiro atoms. The average Bonchev–Trinajstić information content (AvgIpc) is 2.70. The van der Waals surface area contributed by atoms with Crippen molar-refractivity contribution in [3.05, 3.63) is 12.7 Å². The van der Waals surface area contributed by atoms with Gasteiger partial charge in [0.2, 0.25) is 5.91 Å². The molecule has 3 heteroatoms. The molecule has 1 atom stereocenters. The Morgan fingerprint density at radius 2 is 2.20 bits per heavy atom. The first-order valence-corrected chi connectivity index (χ1v) is 5.85. The third-order valence-corrected chi connectivity index (χ3v) is 3.07. The first-order valence-electron chi connectivity index (χ1n) is 5.85. The van der Waals surface area contributed by atoms with Crippen molar-refractivity contribution in [2.24, 2.45) is 5.92 Å². The van der Waals surface area contributed by atoms with Crippen LogP contribution >= 0.6 is 0 Å². The molecule has 3 nitrogen and oxygen atoms in total. The van der Waals surface area contributed by atoms with Gasteiger partial charge in [-0.1, -0.05) is 18.9 Å². The van der Waals surface area contributed by atoms with Gasteiger partial charge < -0.3 is 10.6 Å². The van der Waals surface area contributed by atoms with E-state index in [1.54, 1.807) is 6.08 Å². The number of carbonyl (C=O) groups is 1. The molecule has 1 amide bonds.